The first-order valence-corrected chi connectivity index (χ1v) is 14.5. The number of hydrogen-bond acceptors (Lipinski definition) is 6. The van der Waals surface area contributed by atoms with Crippen molar-refractivity contribution in [3.8, 4) is 5.75 Å². The van der Waals surface area contributed by atoms with E-state index in [4.69, 9.17) is 9.47 Å². The quantitative estimate of drug-likeness (QED) is 0.508. The number of piperidine rings is 1. The van der Waals surface area contributed by atoms with Crippen LogP contribution >= 0.6 is 0 Å². The highest BCUT2D eigenvalue weighted by molar-refractivity contribution is 6.04. The fourth-order valence-electron chi connectivity index (χ4n) is 5.98. The van der Waals surface area contributed by atoms with E-state index in [0.717, 1.165) is 19.3 Å². The molecule has 0 aromatic heterocycles. The van der Waals surface area contributed by atoms with Crippen molar-refractivity contribution in [1.29, 1.82) is 0 Å². The molecule has 4 amide bonds. The third-order valence-corrected chi connectivity index (χ3v) is 7.99. The summed E-state index contributed by atoms with van der Waals surface area (Å²) in [5, 5.41) is 2.12. The Kier molecular flexibility index (Phi) is 8.50. The number of halogens is 2. The number of nitrogens with zero attached hydrogens (tertiary/aromatic N) is 3. The average Bonchev–Trinajstić information content (AvgIpc) is 3.55. The predicted octanol–water partition coefficient (Wildman–Crippen LogP) is 4.21. The second kappa shape index (κ2) is 11.3. The van der Waals surface area contributed by atoms with E-state index in [9.17, 15) is 28.0 Å². The molecule has 1 aromatic rings. The van der Waals surface area contributed by atoms with Crippen LogP contribution in [-0.2, 0) is 14.3 Å². The van der Waals surface area contributed by atoms with Crippen molar-refractivity contribution in [3.63, 3.8) is 0 Å². The van der Waals surface area contributed by atoms with Crippen LogP contribution in [0.5, 0.6) is 5.75 Å². The van der Waals surface area contributed by atoms with Gasteiger partial charge < -0.3 is 29.5 Å². The van der Waals surface area contributed by atoms with Crippen molar-refractivity contribution in [3.05, 3.63) is 23.8 Å². The summed E-state index contributed by atoms with van der Waals surface area (Å²) in [7, 11) is 0. The highest BCUT2D eigenvalue weighted by Gasteiger charge is 2.60. The monoisotopic (exact) mass is 592 g/mol. The van der Waals surface area contributed by atoms with Gasteiger partial charge in [0.1, 0.15) is 11.4 Å². The molecule has 0 radical (unpaired) electrons. The minimum atomic E-state index is -3.16. The summed E-state index contributed by atoms with van der Waals surface area (Å²) in [6.45, 7) is 13.5. The maximum absolute atomic E-state index is 14.0. The molecule has 4 rings (SSSR count). The van der Waals surface area contributed by atoms with E-state index >= 15 is 0 Å². The largest absolute Gasteiger partial charge is 0.476 e. The van der Waals surface area contributed by atoms with Crippen LogP contribution < -0.4 is 15.0 Å². The van der Waals surface area contributed by atoms with E-state index < -0.39 is 29.4 Å². The smallest absolute Gasteiger partial charge is 0.410 e. The Morgan fingerprint density at radius 3 is 2.52 bits per heavy atom. The third kappa shape index (κ3) is 6.47. The molecule has 2 heterocycles. The number of fused-ring (bicyclic) bond motifs is 1. The lowest BCUT2D eigenvalue weighted by Gasteiger charge is -2.39. The Labute approximate surface area is 245 Å². The van der Waals surface area contributed by atoms with E-state index in [2.05, 4.69) is 5.32 Å². The number of anilines is 1. The van der Waals surface area contributed by atoms with Crippen LogP contribution in [-0.4, -0.2) is 89.5 Å². The topological polar surface area (TPSA) is 108 Å². The molecule has 1 unspecified atom stereocenters. The Morgan fingerprint density at radius 1 is 1.21 bits per heavy atom. The predicted molar refractivity (Wildman–Crippen MR) is 152 cm³/mol. The van der Waals surface area contributed by atoms with Crippen LogP contribution in [0.25, 0.3) is 0 Å². The number of carbonyl (C=O) groups excluding carboxylic acids is 4. The van der Waals surface area contributed by atoms with Crippen molar-refractivity contribution in [2.45, 2.75) is 97.4 Å². The van der Waals surface area contributed by atoms with Gasteiger partial charge in [0.15, 0.2) is 5.60 Å². The first kappa shape index (κ1) is 31.5. The zero-order valence-electron chi connectivity index (χ0n) is 25.5. The lowest BCUT2D eigenvalue weighted by molar-refractivity contribution is -0.133. The highest BCUT2D eigenvalue weighted by Crippen LogP contribution is 2.56. The molecule has 1 saturated carbocycles. The van der Waals surface area contributed by atoms with Gasteiger partial charge in [0.05, 0.1) is 5.69 Å². The molecule has 2 fully saturated rings. The molecule has 1 N–H and O–H groups in total. The van der Waals surface area contributed by atoms with Gasteiger partial charge in [-0.1, -0.05) is 0 Å². The SMILES string of the molecule is CC(C)N(C(=O)c1ccc2c(c1)N(CCNC(=O)C(F)F)C(=O)C(C)(C)O2)[C@H]1CC12CCCN(C(=O)OC(C)(C)C)C2. The van der Waals surface area contributed by atoms with Gasteiger partial charge >= 0.3 is 12.5 Å². The Morgan fingerprint density at radius 2 is 1.90 bits per heavy atom. The van der Waals surface area contributed by atoms with E-state index in [1.165, 1.54) is 4.90 Å². The minimum absolute atomic E-state index is 0.0660. The molecular weight excluding hydrogens is 550 g/mol. The fourth-order valence-corrected chi connectivity index (χ4v) is 5.98. The second-order valence-corrected chi connectivity index (χ2v) is 13.2. The van der Waals surface area contributed by atoms with E-state index in [1.54, 1.807) is 36.9 Å². The van der Waals surface area contributed by atoms with Gasteiger partial charge in [-0.3, -0.25) is 14.4 Å². The maximum atomic E-state index is 14.0. The van der Waals surface area contributed by atoms with Gasteiger partial charge in [0.2, 0.25) is 0 Å². The van der Waals surface area contributed by atoms with Gasteiger partial charge in [-0.25, -0.2) is 4.79 Å². The molecule has 12 heteroatoms. The number of amides is 4. The first-order chi connectivity index (χ1) is 19.5. The number of nitrogens with one attached hydrogen (secondary N) is 1. The highest BCUT2D eigenvalue weighted by atomic mass is 19.3. The zero-order chi connectivity index (χ0) is 31.2. The van der Waals surface area contributed by atoms with Crippen LogP contribution in [0.15, 0.2) is 18.2 Å². The number of benzene rings is 1. The van der Waals surface area contributed by atoms with Crippen LogP contribution in [0.3, 0.4) is 0 Å². The van der Waals surface area contributed by atoms with E-state index in [-0.39, 0.29) is 42.6 Å². The summed E-state index contributed by atoms with van der Waals surface area (Å²) in [4.78, 5) is 56.4. The number of likely N-dealkylation sites (tertiary alicyclic amines) is 1. The molecule has 1 spiro atoms. The molecule has 2 atom stereocenters. The van der Waals surface area contributed by atoms with E-state index in [0.29, 0.717) is 30.1 Å². The molecule has 1 aromatic carbocycles. The number of carbonyl (C=O) groups is 4. The van der Waals surface area contributed by atoms with Gasteiger partial charge in [-0.05, 0) is 85.9 Å². The van der Waals surface area contributed by atoms with Crippen LogP contribution in [0.1, 0.15) is 78.1 Å². The number of hydrogen-bond donors (Lipinski definition) is 1. The van der Waals surface area contributed by atoms with Crippen molar-refractivity contribution in [2.24, 2.45) is 5.41 Å². The summed E-state index contributed by atoms with van der Waals surface area (Å²) in [5.74, 6) is -1.68. The Bertz CT molecular complexity index is 1250. The normalized spacial score (nSPS) is 23.0. The molecule has 1 saturated heterocycles. The minimum Gasteiger partial charge on any atom is -0.476 e. The van der Waals surface area contributed by atoms with Crippen molar-refractivity contribution < 1.29 is 37.4 Å². The standard InChI is InChI=1S/C30H42F2N4O6/c1-18(2)36(22-16-30(22)11-8-13-34(17-30)27(40)42-28(3,4)5)25(38)19-9-10-21-20(15-19)35(26(39)29(6,7)41-21)14-12-33-24(37)23(31)32/h9-10,15,18,22-23H,8,11-14,16-17H2,1-7H3,(H,33,37)/t22-,30?/m0/s1. The van der Waals surface area contributed by atoms with Crippen LogP contribution in [0, 0.1) is 5.41 Å². The van der Waals surface area contributed by atoms with Gasteiger partial charge in [-0.2, -0.15) is 8.78 Å². The summed E-state index contributed by atoms with van der Waals surface area (Å²) in [5.41, 5.74) is -1.35. The summed E-state index contributed by atoms with van der Waals surface area (Å²) >= 11 is 0. The molecular formula is C30H42F2N4O6. The zero-order valence-corrected chi connectivity index (χ0v) is 25.5. The summed E-state index contributed by atoms with van der Waals surface area (Å²) in [6, 6.07) is 4.67. The van der Waals surface area contributed by atoms with Gasteiger partial charge in [0, 0.05) is 49.2 Å². The van der Waals surface area contributed by atoms with Crippen LogP contribution in [0.4, 0.5) is 19.3 Å². The van der Waals surface area contributed by atoms with Gasteiger partial charge in [0.25, 0.3) is 17.7 Å². The van der Waals surface area contributed by atoms with Crippen molar-refractivity contribution >= 4 is 29.5 Å². The van der Waals surface area contributed by atoms with Crippen LogP contribution in [0.2, 0.25) is 0 Å². The number of ether oxygens (including phenoxy) is 2. The molecule has 3 aliphatic rings. The molecule has 42 heavy (non-hydrogen) atoms. The van der Waals surface area contributed by atoms with E-state index in [1.807, 2.05) is 39.5 Å². The first-order valence-electron chi connectivity index (χ1n) is 14.5. The Hall–Kier alpha value is -3.44. The molecule has 232 valence electrons. The lowest BCUT2D eigenvalue weighted by Crippen LogP contribution is -2.54. The number of rotatable bonds is 7. The van der Waals surface area contributed by atoms with Crippen molar-refractivity contribution in [2.75, 3.05) is 31.1 Å². The number of alkyl halides is 2. The maximum Gasteiger partial charge on any atom is 0.410 e. The fraction of sp³-hybridized carbons (Fsp3) is 0.667. The molecule has 0 bridgehead atoms. The second-order valence-electron chi connectivity index (χ2n) is 13.2. The van der Waals surface area contributed by atoms with Crippen molar-refractivity contribution in [1.82, 2.24) is 15.1 Å². The average molecular weight is 593 g/mol. The molecule has 10 nitrogen and oxygen atoms in total. The Balaban J connectivity index is 1.55. The summed E-state index contributed by atoms with van der Waals surface area (Å²) in [6.07, 6.45) is -1.02. The lowest BCUT2D eigenvalue weighted by atomic mass is 9.93. The van der Waals surface area contributed by atoms with Gasteiger partial charge in [-0.15, -0.1) is 0 Å². The summed E-state index contributed by atoms with van der Waals surface area (Å²) < 4.78 is 36.8. The third-order valence-electron chi connectivity index (χ3n) is 7.99. The molecule has 1 aliphatic carbocycles. The molecule has 2 aliphatic heterocycles.